The van der Waals surface area contributed by atoms with E-state index in [4.69, 9.17) is 8.83 Å². The van der Waals surface area contributed by atoms with Crippen molar-refractivity contribution in [2.45, 2.75) is 12.8 Å². The molecule has 0 amide bonds. The Morgan fingerprint density at radius 1 is 0.432 bits per heavy atom. The minimum absolute atomic E-state index is 0.861. The van der Waals surface area contributed by atoms with Crippen LogP contribution in [-0.4, -0.2) is 0 Å². The fourth-order valence-electron chi connectivity index (χ4n) is 7.55. The van der Waals surface area contributed by atoms with Crippen molar-refractivity contribution in [2.24, 2.45) is 0 Å². The first-order chi connectivity index (χ1) is 21.8. The fraction of sp³-hybridized carbons (Fsp3) is 0.0476. The molecule has 1 aliphatic rings. The van der Waals surface area contributed by atoms with E-state index in [0.717, 1.165) is 67.8 Å². The van der Waals surface area contributed by atoms with Crippen LogP contribution < -0.4 is 0 Å². The van der Waals surface area contributed by atoms with Crippen LogP contribution in [0.5, 0.6) is 0 Å². The van der Waals surface area contributed by atoms with Crippen molar-refractivity contribution in [3.8, 4) is 22.3 Å². The number of furan rings is 2. The van der Waals surface area contributed by atoms with Gasteiger partial charge in [-0.2, -0.15) is 0 Å². The Bertz CT molecular complexity index is 2520. The van der Waals surface area contributed by atoms with Crippen LogP contribution in [0.15, 0.2) is 136 Å². The zero-order chi connectivity index (χ0) is 28.8. The summed E-state index contributed by atoms with van der Waals surface area (Å²) in [5.41, 5.74) is 10.9. The van der Waals surface area contributed by atoms with Crippen molar-refractivity contribution in [3.63, 3.8) is 0 Å². The van der Waals surface area contributed by atoms with E-state index < -0.39 is 0 Å². The molecule has 1 aliphatic carbocycles. The number of hydrogen-bond acceptors (Lipinski definition) is 2. The largest absolute Gasteiger partial charge is 0.455 e. The molecule has 2 nitrogen and oxygen atoms in total. The van der Waals surface area contributed by atoms with Gasteiger partial charge in [0.25, 0.3) is 0 Å². The van der Waals surface area contributed by atoms with Gasteiger partial charge in [-0.3, -0.25) is 0 Å². The third kappa shape index (κ3) is 3.25. The van der Waals surface area contributed by atoms with Crippen molar-refractivity contribution >= 4 is 71.5 Å². The van der Waals surface area contributed by atoms with Gasteiger partial charge in [0.05, 0.1) is 5.56 Å². The van der Waals surface area contributed by atoms with E-state index in [0.29, 0.717) is 0 Å². The van der Waals surface area contributed by atoms with Crippen LogP contribution in [0, 0.1) is 0 Å². The Labute approximate surface area is 253 Å². The van der Waals surface area contributed by atoms with E-state index in [-0.39, 0.29) is 0 Å². The maximum atomic E-state index is 6.75. The molecule has 10 rings (SSSR count). The summed E-state index contributed by atoms with van der Waals surface area (Å²) < 4.78 is 13.5. The van der Waals surface area contributed by atoms with E-state index in [1.165, 1.54) is 43.8 Å². The number of rotatable bonds is 2. The number of allylic oxidation sites excluding steroid dienone is 1. The molecule has 0 bridgehead atoms. The highest BCUT2D eigenvalue weighted by molar-refractivity contribution is 6.29. The Morgan fingerprint density at radius 3 is 1.55 bits per heavy atom. The molecule has 206 valence electrons. The Balaban J connectivity index is 1.42. The summed E-state index contributed by atoms with van der Waals surface area (Å²) in [6, 6.07) is 43.6. The van der Waals surface area contributed by atoms with Crippen molar-refractivity contribution < 1.29 is 8.83 Å². The molecule has 2 aromatic heterocycles. The van der Waals surface area contributed by atoms with Crippen LogP contribution in [0.1, 0.15) is 17.5 Å². The summed E-state index contributed by atoms with van der Waals surface area (Å²) in [7, 11) is 0. The van der Waals surface area contributed by atoms with Crippen LogP contribution in [-0.2, 0) is 6.42 Å². The minimum Gasteiger partial charge on any atom is -0.455 e. The van der Waals surface area contributed by atoms with Gasteiger partial charge in [0.1, 0.15) is 22.3 Å². The monoisotopic (exact) mass is 562 g/mol. The molecule has 0 atom stereocenters. The second kappa shape index (κ2) is 8.95. The highest BCUT2D eigenvalue weighted by Gasteiger charge is 2.25. The topological polar surface area (TPSA) is 26.3 Å². The molecule has 0 saturated heterocycles. The van der Waals surface area contributed by atoms with Gasteiger partial charge in [-0.05, 0) is 80.9 Å². The van der Waals surface area contributed by atoms with Crippen molar-refractivity contribution in [2.75, 3.05) is 0 Å². The van der Waals surface area contributed by atoms with Crippen molar-refractivity contribution in [1.29, 1.82) is 0 Å². The lowest BCUT2D eigenvalue weighted by atomic mass is 9.84. The lowest BCUT2D eigenvalue weighted by Gasteiger charge is -2.19. The summed E-state index contributed by atoms with van der Waals surface area (Å²) in [6.45, 7) is 0. The second-order valence-corrected chi connectivity index (χ2v) is 11.9. The van der Waals surface area contributed by atoms with Crippen LogP contribution >= 0.6 is 0 Å². The molecule has 0 N–H and O–H groups in total. The summed E-state index contributed by atoms with van der Waals surface area (Å²) in [6.07, 6.45) is 6.78. The highest BCUT2D eigenvalue weighted by atomic mass is 16.3. The highest BCUT2D eigenvalue weighted by Crippen LogP contribution is 2.50. The van der Waals surface area contributed by atoms with Gasteiger partial charge in [-0.1, -0.05) is 109 Å². The lowest BCUT2D eigenvalue weighted by Crippen LogP contribution is -1.96. The van der Waals surface area contributed by atoms with E-state index >= 15 is 0 Å². The van der Waals surface area contributed by atoms with Crippen LogP contribution in [0.2, 0.25) is 0 Å². The number of para-hydroxylation sites is 2. The average molecular weight is 563 g/mol. The van der Waals surface area contributed by atoms with E-state index in [1.54, 1.807) is 0 Å². The molecular formula is C42H26O2. The number of benzene rings is 7. The molecule has 9 aromatic rings. The molecule has 7 aromatic carbocycles. The summed E-state index contributed by atoms with van der Waals surface area (Å²) in [4.78, 5) is 0. The van der Waals surface area contributed by atoms with Gasteiger partial charge in [0.15, 0.2) is 0 Å². The molecule has 0 unspecified atom stereocenters. The van der Waals surface area contributed by atoms with Gasteiger partial charge >= 0.3 is 0 Å². The molecule has 0 radical (unpaired) electrons. The summed E-state index contributed by atoms with van der Waals surface area (Å²) in [5, 5.41) is 9.25. The van der Waals surface area contributed by atoms with Gasteiger partial charge in [-0.25, -0.2) is 0 Å². The van der Waals surface area contributed by atoms with E-state index in [9.17, 15) is 0 Å². The molecule has 0 aliphatic heterocycles. The molecule has 0 fully saturated rings. The Kier molecular flexibility index (Phi) is 4.86. The second-order valence-electron chi connectivity index (χ2n) is 11.9. The molecule has 44 heavy (non-hydrogen) atoms. The lowest BCUT2D eigenvalue weighted by molar-refractivity contribution is 0.658. The standard InChI is InChI=1S/C42H26O2/c1-2-12-26-23-27(22-21-25(26)11-1)38-30-15-3-5-17-32(30)39(33-18-6-4-16-31(33)38)40-41-34(28-13-7-9-19-36(28)43-41)24-35-29-14-8-10-20-37(29)44-42(35)40/h2-10,12-24H,1,11H2. The zero-order valence-electron chi connectivity index (χ0n) is 23.9. The van der Waals surface area contributed by atoms with Crippen LogP contribution in [0.4, 0.5) is 0 Å². The predicted octanol–water partition coefficient (Wildman–Crippen LogP) is 12.1. The Morgan fingerprint density at radius 2 is 0.955 bits per heavy atom. The molecule has 0 saturated carbocycles. The number of fused-ring (bicyclic) bond motifs is 9. The van der Waals surface area contributed by atoms with E-state index in [2.05, 4.69) is 121 Å². The number of hydrogen-bond donors (Lipinski definition) is 0. The molecule has 2 heterocycles. The number of aryl methyl sites for hydroxylation is 1. The SMILES string of the molecule is C1=Cc2cc(-c3c4ccccc4c(-c4c5oc6ccccc6c5cc5c4oc4ccccc45)c4ccccc34)ccc2CC1. The van der Waals surface area contributed by atoms with Crippen molar-refractivity contribution in [3.05, 3.63) is 139 Å². The average Bonchev–Trinajstić information content (AvgIpc) is 3.64. The zero-order valence-corrected chi connectivity index (χ0v) is 23.9. The molecule has 0 spiro atoms. The van der Waals surface area contributed by atoms with Crippen LogP contribution in [0.25, 0.3) is 93.8 Å². The summed E-state index contributed by atoms with van der Waals surface area (Å²) >= 11 is 0. The third-order valence-electron chi connectivity index (χ3n) is 9.50. The van der Waals surface area contributed by atoms with Gasteiger partial charge in [-0.15, -0.1) is 0 Å². The van der Waals surface area contributed by atoms with Gasteiger partial charge in [0, 0.05) is 27.1 Å². The van der Waals surface area contributed by atoms with Crippen LogP contribution in [0.3, 0.4) is 0 Å². The van der Waals surface area contributed by atoms with E-state index in [1.807, 2.05) is 12.1 Å². The minimum atomic E-state index is 0.861. The predicted molar refractivity (Wildman–Crippen MR) is 184 cm³/mol. The fourth-order valence-corrected chi connectivity index (χ4v) is 7.55. The smallest absolute Gasteiger partial charge is 0.147 e. The first kappa shape index (κ1) is 23.9. The quantitative estimate of drug-likeness (QED) is 0.196. The van der Waals surface area contributed by atoms with Gasteiger partial charge in [0.2, 0.25) is 0 Å². The molecule has 2 heteroatoms. The normalized spacial score (nSPS) is 13.2. The Hall–Kier alpha value is -5.60. The third-order valence-corrected chi connectivity index (χ3v) is 9.50. The maximum absolute atomic E-state index is 6.75. The maximum Gasteiger partial charge on any atom is 0.147 e. The van der Waals surface area contributed by atoms with Gasteiger partial charge < -0.3 is 8.83 Å². The van der Waals surface area contributed by atoms with Crippen molar-refractivity contribution in [1.82, 2.24) is 0 Å². The first-order valence-corrected chi connectivity index (χ1v) is 15.3. The molecular weight excluding hydrogens is 536 g/mol. The first-order valence-electron chi connectivity index (χ1n) is 15.3. The summed E-state index contributed by atoms with van der Waals surface area (Å²) in [5.74, 6) is 0.